The molecule has 0 aromatic rings. The second-order valence-corrected chi connectivity index (χ2v) is 10.3. The number of nitrogens with one attached hydrogen (secondary N) is 1. The highest BCUT2D eigenvalue weighted by Gasteiger charge is 2.56. The van der Waals surface area contributed by atoms with E-state index in [-0.39, 0.29) is 36.2 Å². The Morgan fingerprint density at radius 3 is 2.58 bits per heavy atom. The minimum atomic E-state index is -0.765. The zero-order chi connectivity index (χ0) is 23.8. The molecule has 4 aliphatic rings. The Morgan fingerprint density at radius 2 is 1.91 bits per heavy atom. The molecule has 4 aliphatic heterocycles. The quantitative estimate of drug-likeness (QED) is 0.462. The summed E-state index contributed by atoms with van der Waals surface area (Å²) in [7, 11) is 0. The molecular weight excluding hydrogens is 428 g/mol. The van der Waals surface area contributed by atoms with Gasteiger partial charge < -0.3 is 29.2 Å². The van der Waals surface area contributed by atoms with Crippen molar-refractivity contribution in [2.24, 2.45) is 0 Å². The number of carbonyl (C=O) groups excluding carboxylic acids is 2. The molecule has 1 N–H and O–H groups in total. The number of likely N-dealkylation sites (tertiary alicyclic amines) is 2. The summed E-state index contributed by atoms with van der Waals surface area (Å²) < 4.78 is 23.4. The third kappa shape index (κ3) is 5.49. The molecule has 10 heteroatoms. The Balaban J connectivity index is 1.27. The average molecular weight is 465 g/mol. The van der Waals surface area contributed by atoms with E-state index in [9.17, 15) is 9.59 Å². The number of esters is 1. The van der Waals surface area contributed by atoms with Crippen LogP contribution < -0.4 is 5.32 Å². The summed E-state index contributed by atoms with van der Waals surface area (Å²) in [5, 5.41) is 3.45. The normalized spacial score (nSPS) is 35.2. The van der Waals surface area contributed by atoms with Gasteiger partial charge in [0.15, 0.2) is 24.3 Å². The molecule has 1 amide bonds. The van der Waals surface area contributed by atoms with Crippen molar-refractivity contribution >= 4 is 11.9 Å². The first-order chi connectivity index (χ1) is 15.6. The van der Waals surface area contributed by atoms with Crippen LogP contribution in [0, 0.1) is 6.57 Å². The molecule has 0 aliphatic carbocycles. The van der Waals surface area contributed by atoms with E-state index >= 15 is 0 Å². The Hall–Kier alpha value is -1.77. The summed E-state index contributed by atoms with van der Waals surface area (Å²) in [5.74, 6) is -1.12. The monoisotopic (exact) mass is 464 g/mol. The summed E-state index contributed by atoms with van der Waals surface area (Å²) in [6, 6.07) is 0. The van der Waals surface area contributed by atoms with Crippen molar-refractivity contribution in [3.63, 3.8) is 0 Å². The SMILES string of the molecule is [C-]#[N+][C@@H]1CCCN1C(=O)CNC1(C)CCN(C[C@H]2O[C@@H]3OC(C)(C)O[C@@H]3[C@H]2OC(C)=O)CC1. The van der Waals surface area contributed by atoms with Gasteiger partial charge in [-0.2, -0.15) is 0 Å². The number of amides is 1. The van der Waals surface area contributed by atoms with Crippen molar-refractivity contribution in [2.75, 3.05) is 32.7 Å². The van der Waals surface area contributed by atoms with E-state index in [2.05, 4.69) is 22.0 Å². The zero-order valence-corrected chi connectivity index (χ0v) is 20.0. The maximum atomic E-state index is 12.6. The first-order valence-electron chi connectivity index (χ1n) is 11.9. The van der Waals surface area contributed by atoms with Gasteiger partial charge >= 0.3 is 12.1 Å². The molecule has 0 aromatic carbocycles. The van der Waals surface area contributed by atoms with Gasteiger partial charge in [-0.25, -0.2) is 6.57 Å². The van der Waals surface area contributed by atoms with Crippen molar-refractivity contribution in [1.82, 2.24) is 15.1 Å². The van der Waals surface area contributed by atoms with Gasteiger partial charge in [0.2, 0.25) is 5.91 Å². The number of ether oxygens (including phenoxy) is 4. The minimum absolute atomic E-state index is 0.00944. The Labute approximate surface area is 195 Å². The van der Waals surface area contributed by atoms with E-state index in [1.807, 2.05) is 13.8 Å². The van der Waals surface area contributed by atoms with Crippen molar-refractivity contribution < 1.29 is 28.5 Å². The molecule has 4 saturated heterocycles. The highest BCUT2D eigenvalue weighted by molar-refractivity contribution is 5.79. The van der Waals surface area contributed by atoms with Gasteiger partial charge in [-0.3, -0.25) is 19.3 Å². The maximum absolute atomic E-state index is 12.6. The summed E-state index contributed by atoms with van der Waals surface area (Å²) in [6.45, 7) is 17.7. The first-order valence-corrected chi connectivity index (χ1v) is 11.9. The number of piperidine rings is 1. The van der Waals surface area contributed by atoms with Gasteiger partial charge in [0.25, 0.3) is 0 Å². The van der Waals surface area contributed by atoms with Crippen LogP contribution in [0.5, 0.6) is 0 Å². The minimum Gasteiger partial charge on any atom is -0.457 e. The smallest absolute Gasteiger partial charge is 0.303 e. The lowest BCUT2D eigenvalue weighted by Crippen LogP contribution is -2.55. The molecule has 0 unspecified atom stereocenters. The highest BCUT2D eigenvalue weighted by atomic mass is 16.8. The molecule has 33 heavy (non-hydrogen) atoms. The van der Waals surface area contributed by atoms with Crippen molar-refractivity contribution in [3.05, 3.63) is 11.4 Å². The fourth-order valence-electron chi connectivity index (χ4n) is 5.25. The Bertz CT molecular complexity index is 790. The summed E-state index contributed by atoms with van der Waals surface area (Å²) in [6.07, 6.45) is 1.34. The van der Waals surface area contributed by atoms with E-state index < -0.39 is 24.3 Å². The zero-order valence-electron chi connectivity index (χ0n) is 20.0. The summed E-state index contributed by atoms with van der Waals surface area (Å²) in [4.78, 5) is 31.9. The number of fused-ring (bicyclic) bond motifs is 1. The van der Waals surface area contributed by atoms with E-state index in [4.69, 9.17) is 25.5 Å². The molecule has 4 fully saturated rings. The van der Waals surface area contributed by atoms with E-state index in [1.54, 1.807) is 4.90 Å². The highest BCUT2D eigenvalue weighted by Crippen LogP contribution is 2.39. The van der Waals surface area contributed by atoms with Crippen molar-refractivity contribution in [2.45, 2.75) is 95.5 Å². The Morgan fingerprint density at radius 1 is 1.18 bits per heavy atom. The van der Waals surface area contributed by atoms with Crippen LogP contribution in [0.2, 0.25) is 0 Å². The van der Waals surface area contributed by atoms with Crippen LogP contribution in [0.25, 0.3) is 4.85 Å². The number of nitrogens with zero attached hydrogens (tertiary/aromatic N) is 3. The second kappa shape index (κ2) is 9.47. The molecule has 0 bridgehead atoms. The predicted octanol–water partition coefficient (Wildman–Crippen LogP) is 1.11. The van der Waals surface area contributed by atoms with E-state index in [0.29, 0.717) is 13.1 Å². The van der Waals surface area contributed by atoms with Crippen LogP contribution >= 0.6 is 0 Å². The third-order valence-corrected chi connectivity index (χ3v) is 7.14. The summed E-state index contributed by atoms with van der Waals surface area (Å²) in [5.41, 5.74) is -0.141. The molecule has 0 radical (unpaired) electrons. The van der Waals surface area contributed by atoms with Gasteiger partial charge in [0.05, 0.1) is 6.54 Å². The van der Waals surface area contributed by atoms with Gasteiger partial charge in [0, 0.05) is 32.0 Å². The molecule has 10 nitrogen and oxygen atoms in total. The lowest BCUT2D eigenvalue weighted by Gasteiger charge is -2.41. The molecule has 4 rings (SSSR count). The molecule has 5 atom stereocenters. The van der Waals surface area contributed by atoms with Crippen LogP contribution in [-0.4, -0.2) is 96.5 Å². The summed E-state index contributed by atoms with van der Waals surface area (Å²) >= 11 is 0. The lowest BCUT2D eigenvalue weighted by atomic mass is 9.89. The molecule has 184 valence electrons. The number of carbonyl (C=O) groups is 2. The topological polar surface area (TPSA) is 93.9 Å². The predicted molar refractivity (Wildman–Crippen MR) is 118 cm³/mol. The lowest BCUT2D eigenvalue weighted by molar-refractivity contribution is -0.220. The second-order valence-electron chi connectivity index (χ2n) is 10.3. The van der Waals surface area contributed by atoms with Crippen LogP contribution in [0.1, 0.15) is 53.4 Å². The fraction of sp³-hybridized carbons (Fsp3) is 0.870. The fourth-order valence-corrected chi connectivity index (χ4v) is 5.25. The average Bonchev–Trinajstić information content (AvgIpc) is 3.42. The van der Waals surface area contributed by atoms with Crippen LogP contribution in [0.4, 0.5) is 0 Å². The maximum Gasteiger partial charge on any atom is 0.303 e. The van der Waals surface area contributed by atoms with Crippen LogP contribution in [0.15, 0.2) is 0 Å². The van der Waals surface area contributed by atoms with Gasteiger partial charge in [0.1, 0.15) is 6.10 Å². The largest absolute Gasteiger partial charge is 0.457 e. The Kier molecular flexibility index (Phi) is 6.99. The number of hydrogen-bond acceptors (Lipinski definition) is 8. The van der Waals surface area contributed by atoms with Crippen molar-refractivity contribution in [1.29, 1.82) is 0 Å². The molecule has 4 heterocycles. The van der Waals surface area contributed by atoms with Crippen LogP contribution in [0.3, 0.4) is 0 Å². The van der Waals surface area contributed by atoms with Gasteiger partial charge in [-0.1, -0.05) is 0 Å². The first kappa shape index (κ1) is 24.4. The van der Waals surface area contributed by atoms with Gasteiger partial charge in [-0.05, 0) is 53.1 Å². The molecule has 0 spiro atoms. The van der Waals surface area contributed by atoms with Gasteiger partial charge in [-0.15, -0.1) is 0 Å². The van der Waals surface area contributed by atoms with Crippen LogP contribution in [-0.2, 0) is 28.5 Å². The van der Waals surface area contributed by atoms with Crippen molar-refractivity contribution in [3.8, 4) is 0 Å². The third-order valence-electron chi connectivity index (χ3n) is 7.14. The molecule has 0 aromatic heterocycles. The van der Waals surface area contributed by atoms with E-state index in [0.717, 1.165) is 38.8 Å². The molecule has 0 saturated carbocycles. The number of rotatable bonds is 6. The number of hydrogen-bond donors (Lipinski definition) is 1. The molecular formula is C23H36N4O6. The van der Waals surface area contributed by atoms with E-state index in [1.165, 1.54) is 6.92 Å². The standard InChI is InChI=1S/C23H36N4O6/c1-15(28)30-19-16(31-21-20(19)32-22(2,3)33-21)14-26-11-8-23(4,9-12-26)25-13-18(29)27-10-6-7-17(27)24-5/h16-17,19-21,25H,6-14H2,1-4H3/t16-,17+,19+,20-,21-/m1/s1.